The molecule has 0 aromatic heterocycles. The van der Waals surface area contributed by atoms with Crippen LogP contribution in [0.15, 0.2) is 12.1 Å². The fourth-order valence-electron chi connectivity index (χ4n) is 2.06. The van der Waals surface area contributed by atoms with Gasteiger partial charge >= 0.3 is 0 Å². The van der Waals surface area contributed by atoms with Crippen molar-refractivity contribution < 1.29 is 9.50 Å². The molecule has 0 amide bonds. The second-order valence-electron chi connectivity index (χ2n) is 4.96. The molecule has 1 aromatic rings. The second-order valence-corrected chi connectivity index (χ2v) is 4.96. The molecule has 0 spiro atoms. The highest BCUT2D eigenvalue weighted by molar-refractivity contribution is 5.57. The van der Waals surface area contributed by atoms with Gasteiger partial charge in [-0.05, 0) is 51.0 Å². The molecule has 0 radical (unpaired) electrons. The first-order chi connectivity index (χ1) is 8.38. The SMILES string of the molecule is Cc1cc(N(CCO)C(C)C)c([C@H](C)N)cc1F. The Labute approximate surface area is 108 Å². The Balaban J connectivity index is 3.30. The number of halogens is 1. The molecule has 0 saturated carbocycles. The first kappa shape index (κ1) is 14.9. The molecule has 0 fully saturated rings. The zero-order chi connectivity index (χ0) is 13.9. The fourth-order valence-corrected chi connectivity index (χ4v) is 2.06. The number of hydrogen-bond acceptors (Lipinski definition) is 3. The molecule has 1 rings (SSSR count). The van der Waals surface area contributed by atoms with E-state index in [4.69, 9.17) is 10.8 Å². The monoisotopic (exact) mass is 254 g/mol. The molecule has 0 aliphatic heterocycles. The van der Waals surface area contributed by atoms with Gasteiger partial charge < -0.3 is 15.7 Å². The summed E-state index contributed by atoms with van der Waals surface area (Å²) in [5.74, 6) is -0.237. The van der Waals surface area contributed by atoms with Crippen LogP contribution in [0.2, 0.25) is 0 Å². The summed E-state index contributed by atoms with van der Waals surface area (Å²) < 4.78 is 13.6. The first-order valence-corrected chi connectivity index (χ1v) is 6.31. The van der Waals surface area contributed by atoms with Gasteiger partial charge in [0.05, 0.1) is 6.61 Å². The van der Waals surface area contributed by atoms with Crippen molar-refractivity contribution >= 4 is 5.69 Å². The highest BCUT2D eigenvalue weighted by atomic mass is 19.1. The van der Waals surface area contributed by atoms with Crippen molar-refractivity contribution in [3.05, 3.63) is 29.1 Å². The average molecular weight is 254 g/mol. The van der Waals surface area contributed by atoms with Crippen molar-refractivity contribution in [2.75, 3.05) is 18.1 Å². The van der Waals surface area contributed by atoms with Gasteiger partial charge in [0.25, 0.3) is 0 Å². The van der Waals surface area contributed by atoms with Crippen LogP contribution < -0.4 is 10.6 Å². The van der Waals surface area contributed by atoms with Gasteiger partial charge in [0.1, 0.15) is 5.82 Å². The lowest BCUT2D eigenvalue weighted by Gasteiger charge is -2.31. The van der Waals surface area contributed by atoms with Gasteiger partial charge in [-0.25, -0.2) is 4.39 Å². The summed E-state index contributed by atoms with van der Waals surface area (Å²) in [5.41, 5.74) is 8.20. The Kier molecular flexibility index (Phi) is 5.11. The average Bonchev–Trinajstić information content (AvgIpc) is 2.28. The van der Waals surface area contributed by atoms with E-state index in [9.17, 15) is 4.39 Å². The fraction of sp³-hybridized carbons (Fsp3) is 0.571. The van der Waals surface area contributed by atoms with Crippen molar-refractivity contribution in [3.8, 4) is 0 Å². The van der Waals surface area contributed by atoms with Gasteiger partial charge in [0, 0.05) is 24.3 Å². The maximum Gasteiger partial charge on any atom is 0.126 e. The van der Waals surface area contributed by atoms with E-state index in [0.717, 1.165) is 11.3 Å². The maximum absolute atomic E-state index is 13.6. The summed E-state index contributed by atoms with van der Waals surface area (Å²) in [6.07, 6.45) is 0. The van der Waals surface area contributed by atoms with Crippen LogP contribution in [-0.2, 0) is 0 Å². The van der Waals surface area contributed by atoms with Crippen LogP contribution in [0.5, 0.6) is 0 Å². The van der Waals surface area contributed by atoms with Gasteiger partial charge in [-0.15, -0.1) is 0 Å². The van der Waals surface area contributed by atoms with Crippen molar-refractivity contribution in [1.29, 1.82) is 0 Å². The quantitative estimate of drug-likeness (QED) is 0.848. The molecule has 3 N–H and O–H groups in total. The number of aliphatic hydroxyl groups is 1. The van der Waals surface area contributed by atoms with Crippen molar-refractivity contribution in [3.63, 3.8) is 0 Å². The number of nitrogens with two attached hydrogens (primary N) is 1. The Hall–Kier alpha value is -1.13. The molecule has 0 unspecified atom stereocenters. The van der Waals surface area contributed by atoms with Crippen molar-refractivity contribution in [1.82, 2.24) is 0 Å². The lowest BCUT2D eigenvalue weighted by atomic mass is 10.0. The summed E-state index contributed by atoms with van der Waals surface area (Å²) >= 11 is 0. The first-order valence-electron chi connectivity index (χ1n) is 6.31. The molecular weight excluding hydrogens is 231 g/mol. The minimum absolute atomic E-state index is 0.0625. The zero-order valence-electron chi connectivity index (χ0n) is 11.6. The molecule has 18 heavy (non-hydrogen) atoms. The molecule has 0 bridgehead atoms. The smallest absolute Gasteiger partial charge is 0.126 e. The number of rotatable bonds is 5. The van der Waals surface area contributed by atoms with Gasteiger partial charge in [-0.1, -0.05) is 0 Å². The van der Waals surface area contributed by atoms with Crippen LogP contribution in [0.25, 0.3) is 0 Å². The van der Waals surface area contributed by atoms with E-state index in [1.54, 1.807) is 6.92 Å². The molecular formula is C14H23FN2O. The maximum atomic E-state index is 13.6. The number of nitrogens with zero attached hydrogens (tertiary/aromatic N) is 1. The van der Waals surface area contributed by atoms with Crippen molar-refractivity contribution in [2.24, 2.45) is 5.73 Å². The Morgan fingerprint density at radius 2 is 1.94 bits per heavy atom. The summed E-state index contributed by atoms with van der Waals surface area (Å²) in [7, 11) is 0. The summed E-state index contributed by atoms with van der Waals surface area (Å²) in [6, 6.07) is 3.29. The number of aliphatic hydroxyl groups excluding tert-OH is 1. The van der Waals surface area contributed by atoms with E-state index in [1.807, 2.05) is 31.7 Å². The molecule has 0 saturated heterocycles. The molecule has 102 valence electrons. The molecule has 1 aromatic carbocycles. The van der Waals surface area contributed by atoms with Gasteiger partial charge in [0.15, 0.2) is 0 Å². The number of benzene rings is 1. The summed E-state index contributed by atoms with van der Waals surface area (Å²) in [6.45, 7) is 8.24. The third-order valence-electron chi connectivity index (χ3n) is 3.07. The molecule has 4 heteroatoms. The van der Waals surface area contributed by atoms with E-state index < -0.39 is 0 Å². The largest absolute Gasteiger partial charge is 0.395 e. The van der Waals surface area contributed by atoms with Crippen LogP contribution in [0, 0.1) is 12.7 Å². The van der Waals surface area contributed by atoms with E-state index in [2.05, 4.69) is 0 Å². The Morgan fingerprint density at radius 1 is 1.33 bits per heavy atom. The molecule has 1 atom stereocenters. The van der Waals surface area contributed by atoms with E-state index in [1.165, 1.54) is 6.07 Å². The van der Waals surface area contributed by atoms with Crippen molar-refractivity contribution in [2.45, 2.75) is 39.8 Å². The van der Waals surface area contributed by atoms with E-state index in [-0.39, 0.29) is 24.5 Å². The number of hydrogen-bond donors (Lipinski definition) is 2. The van der Waals surface area contributed by atoms with Gasteiger partial charge in [-0.3, -0.25) is 0 Å². The minimum atomic E-state index is -0.241. The Morgan fingerprint density at radius 3 is 2.39 bits per heavy atom. The molecule has 0 aliphatic carbocycles. The number of aryl methyl sites for hydroxylation is 1. The third-order valence-corrected chi connectivity index (χ3v) is 3.07. The topological polar surface area (TPSA) is 49.5 Å². The molecule has 0 aliphatic rings. The second kappa shape index (κ2) is 6.16. The minimum Gasteiger partial charge on any atom is -0.395 e. The van der Waals surface area contributed by atoms with E-state index in [0.29, 0.717) is 12.1 Å². The Bertz CT molecular complexity index is 405. The standard InChI is InChI=1S/C14H23FN2O/c1-9(2)17(5-6-18)14-7-10(3)13(15)8-12(14)11(4)16/h7-9,11,18H,5-6,16H2,1-4H3/t11-/m0/s1. The van der Waals surface area contributed by atoms with E-state index >= 15 is 0 Å². The van der Waals surface area contributed by atoms with Gasteiger partial charge in [0.2, 0.25) is 0 Å². The summed E-state index contributed by atoms with van der Waals surface area (Å²) in [4.78, 5) is 2.05. The van der Waals surface area contributed by atoms with Crippen LogP contribution in [-0.4, -0.2) is 24.3 Å². The van der Waals surface area contributed by atoms with Crippen LogP contribution in [0.3, 0.4) is 0 Å². The normalized spacial score (nSPS) is 12.9. The van der Waals surface area contributed by atoms with Gasteiger partial charge in [-0.2, -0.15) is 0 Å². The predicted octanol–water partition coefficient (Wildman–Crippen LogP) is 2.36. The molecule has 0 heterocycles. The zero-order valence-corrected chi connectivity index (χ0v) is 11.6. The highest BCUT2D eigenvalue weighted by Gasteiger charge is 2.18. The highest BCUT2D eigenvalue weighted by Crippen LogP contribution is 2.29. The van der Waals surface area contributed by atoms with Crippen LogP contribution in [0.1, 0.15) is 37.9 Å². The van der Waals surface area contributed by atoms with Crippen LogP contribution >= 0.6 is 0 Å². The third kappa shape index (κ3) is 3.21. The summed E-state index contributed by atoms with van der Waals surface area (Å²) in [5, 5.41) is 9.15. The lowest BCUT2D eigenvalue weighted by molar-refractivity contribution is 0.299. The molecule has 3 nitrogen and oxygen atoms in total. The number of anilines is 1. The lowest BCUT2D eigenvalue weighted by Crippen LogP contribution is -2.34. The predicted molar refractivity (Wildman–Crippen MR) is 73.3 cm³/mol. The van der Waals surface area contributed by atoms with Crippen LogP contribution in [0.4, 0.5) is 10.1 Å².